The lowest BCUT2D eigenvalue weighted by Gasteiger charge is -2.25. The second-order valence-corrected chi connectivity index (χ2v) is 6.62. The Balaban J connectivity index is 1.67. The van der Waals surface area contributed by atoms with Crippen molar-refractivity contribution in [3.63, 3.8) is 0 Å². The zero-order valence-electron chi connectivity index (χ0n) is 13.7. The van der Waals surface area contributed by atoms with Crippen molar-refractivity contribution in [3.8, 4) is 0 Å². The van der Waals surface area contributed by atoms with E-state index in [0.717, 1.165) is 26.2 Å². The fraction of sp³-hybridized carbons (Fsp3) is 1.00. The van der Waals surface area contributed by atoms with Crippen LogP contribution in [-0.4, -0.2) is 96.9 Å². The molecule has 2 aliphatic heterocycles. The van der Waals surface area contributed by atoms with Crippen LogP contribution in [0, 0.1) is 0 Å². The van der Waals surface area contributed by atoms with Crippen LogP contribution >= 0.6 is 8.53 Å². The second-order valence-electron chi connectivity index (χ2n) is 5.06. The number of hydrogen-bond donors (Lipinski definition) is 1. The van der Waals surface area contributed by atoms with Crippen LogP contribution < -0.4 is 5.32 Å². The molecule has 1 N–H and O–H groups in total. The zero-order chi connectivity index (χ0) is 16.0. The largest absolute Gasteiger partial charge is 0.378 e. The van der Waals surface area contributed by atoms with Gasteiger partial charge < -0.3 is 33.3 Å². The van der Waals surface area contributed by atoms with Crippen LogP contribution in [0.4, 0.5) is 0 Å². The van der Waals surface area contributed by atoms with E-state index in [9.17, 15) is 0 Å². The summed E-state index contributed by atoms with van der Waals surface area (Å²) in [5.41, 5.74) is 0. The normalized spacial score (nSPS) is 26.6. The highest BCUT2D eigenvalue weighted by Gasteiger charge is 2.25. The molecule has 2 saturated heterocycles. The smallest absolute Gasteiger partial charge is 0.259 e. The van der Waals surface area contributed by atoms with Crippen molar-refractivity contribution in [1.29, 1.82) is 0 Å². The third kappa shape index (κ3) is 9.24. The molecular formula is C14H29N2O6P. The van der Waals surface area contributed by atoms with Gasteiger partial charge in [0, 0.05) is 26.2 Å². The van der Waals surface area contributed by atoms with Gasteiger partial charge in [0.25, 0.3) is 8.53 Å². The molecule has 0 aromatic rings. The van der Waals surface area contributed by atoms with Crippen LogP contribution in [0.5, 0.6) is 0 Å². The molecule has 0 saturated carbocycles. The highest BCUT2D eigenvalue weighted by Crippen LogP contribution is 2.45. The maximum atomic E-state index is 5.63. The van der Waals surface area contributed by atoms with Crippen molar-refractivity contribution in [2.75, 3.05) is 92.2 Å². The summed E-state index contributed by atoms with van der Waals surface area (Å²) >= 11 is 0. The molecule has 0 atom stereocenters. The molecule has 136 valence electrons. The Morgan fingerprint density at radius 2 is 1.04 bits per heavy atom. The molecule has 0 radical (unpaired) electrons. The van der Waals surface area contributed by atoms with Gasteiger partial charge in [-0.05, 0) is 0 Å². The summed E-state index contributed by atoms with van der Waals surface area (Å²) < 4.78 is 35.7. The quantitative estimate of drug-likeness (QED) is 0.673. The van der Waals surface area contributed by atoms with E-state index in [0.29, 0.717) is 66.1 Å². The molecule has 0 aromatic carbocycles. The van der Waals surface area contributed by atoms with Gasteiger partial charge in [-0.3, -0.25) is 0 Å². The Morgan fingerprint density at radius 1 is 0.565 bits per heavy atom. The summed E-state index contributed by atoms with van der Waals surface area (Å²) in [7, 11) is -0.955. The number of nitrogens with one attached hydrogen (secondary N) is 1. The fourth-order valence-corrected chi connectivity index (χ4v) is 3.46. The molecule has 9 heteroatoms. The molecule has 2 aliphatic rings. The van der Waals surface area contributed by atoms with Crippen molar-refractivity contribution in [1.82, 2.24) is 9.99 Å². The summed E-state index contributed by atoms with van der Waals surface area (Å²) in [6, 6.07) is 0. The molecule has 0 unspecified atom stereocenters. The van der Waals surface area contributed by atoms with E-state index in [1.54, 1.807) is 0 Å². The average Bonchev–Trinajstić information content (AvgIpc) is 3.09. The average molecular weight is 352 g/mol. The molecular weight excluding hydrogens is 323 g/mol. The van der Waals surface area contributed by atoms with E-state index < -0.39 is 8.53 Å². The maximum Gasteiger partial charge on any atom is 0.259 e. The van der Waals surface area contributed by atoms with Gasteiger partial charge in [-0.25, -0.2) is 4.67 Å². The molecule has 0 aliphatic carbocycles. The first-order valence-electron chi connectivity index (χ1n) is 8.29. The van der Waals surface area contributed by atoms with Gasteiger partial charge in [0.1, 0.15) is 0 Å². The first-order chi connectivity index (χ1) is 11.5. The Labute approximate surface area is 139 Å². The predicted molar refractivity (Wildman–Crippen MR) is 86.5 cm³/mol. The van der Waals surface area contributed by atoms with Crippen molar-refractivity contribution >= 4 is 8.53 Å². The number of rotatable bonds is 1. The van der Waals surface area contributed by atoms with Crippen LogP contribution in [0.15, 0.2) is 0 Å². The van der Waals surface area contributed by atoms with Crippen molar-refractivity contribution in [3.05, 3.63) is 0 Å². The van der Waals surface area contributed by atoms with Crippen molar-refractivity contribution < 1.29 is 28.0 Å². The lowest BCUT2D eigenvalue weighted by atomic mass is 10.6. The lowest BCUT2D eigenvalue weighted by molar-refractivity contribution is 0.0292. The van der Waals surface area contributed by atoms with Gasteiger partial charge >= 0.3 is 0 Å². The lowest BCUT2D eigenvalue weighted by Crippen LogP contribution is -2.28. The van der Waals surface area contributed by atoms with E-state index >= 15 is 0 Å². The summed E-state index contributed by atoms with van der Waals surface area (Å²) in [6.07, 6.45) is 0. The summed E-state index contributed by atoms with van der Waals surface area (Å²) in [5, 5.41) is 3.26. The third-order valence-electron chi connectivity index (χ3n) is 3.30. The Hall–Kier alpha value is 0.110. The van der Waals surface area contributed by atoms with Crippen LogP contribution in [0.2, 0.25) is 0 Å². The van der Waals surface area contributed by atoms with Gasteiger partial charge in [0.2, 0.25) is 0 Å². The number of ether oxygens (including phenoxy) is 4. The third-order valence-corrected chi connectivity index (χ3v) is 4.96. The monoisotopic (exact) mass is 352 g/mol. The molecule has 0 aromatic heterocycles. The van der Waals surface area contributed by atoms with Crippen LogP contribution in [0.25, 0.3) is 0 Å². The SMILES string of the molecule is C1COCCOCCN(P2OCCO2)CCOCCOCCN1. The highest BCUT2D eigenvalue weighted by atomic mass is 31.2. The van der Waals surface area contributed by atoms with E-state index in [-0.39, 0.29) is 0 Å². The fourth-order valence-electron chi connectivity index (χ4n) is 2.10. The van der Waals surface area contributed by atoms with Crippen LogP contribution in [0.3, 0.4) is 0 Å². The molecule has 2 heterocycles. The van der Waals surface area contributed by atoms with Crippen LogP contribution in [0.1, 0.15) is 0 Å². The first kappa shape index (κ1) is 19.4. The molecule has 0 amide bonds. The zero-order valence-corrected chi connectivity index (χ0v) is 14.6. The predicted octanol–water partition coefficient (Wildman–Crippen LogP) is 0.232. The van der Waals surface area contributed by atoms with Crippen LogP contribution in [-0.2, 0) is 28.0 Å². The van der Waals surface area contributed by atoms with Crippen molar-refractivity contribution in [2.24, 2.45) is 0 Å². The first-order valence-corrected chi connectivity index (χ1v) is 9.42. The van der Waals surface area contributed by atoms with Gasteiger partial charge in [-0.1, -0.05) is 0 Å². The number of hydrogen-bond acceptors (Lipinski definition) is 8. The van der Waals surface area contributed by atoms with Crippen molar-refractivity contribution in [2.45, 2.75) is 0 Å². The highest BCUT2D eigenvalue weighted by molar-refractivity contribution is 7.44. The number of nitrogens with zero attached hydrogens (tertiary/aromatic N) is 1. The second kappa shape index (κ2) is 13.4. The molecule has 0 spiro atoms. The van der Waals surface area contributed by atoms with Gasteiger partial charge in [-0.2, -0.15) is 0 Å². The van der Waals surface area contributed by atoms with E-state index in [4.69, 9.17) is 28.0 Å². The summed E-state index contributed by atoms with van der Waals surface area (Å²) in [6.45, 7) is 9.61. The molecule has 8 nitrogen and oxygen atoms in total. The Morgan fingerprint density at radius 3 is 1.57 bits per heavy atom. The van der Waals surface area contributed by atoms with E-state index in [1.165, 1.54) is 0 Å². The van der Waals surface area contributed by atoms with E-state index in [1.807, 2.05) is 0 Å². The standard InChI is InChI=1S/C14H29N2O6P/c1-5-17-9-11-19-7-3-16(23-21-13-14-22-23)4-8-20-12-10-18-6-2-15-1/h15H,1-14H2. The topological polar surface area (TPSA) is 70.7 Å². The molecule has 2 fully saturated rings. The Kier molecular flexibility index (Phi) is 11.3. The molecule has 2 rings (SSSR count). The minimum Gasteiger partial charge on any atom is -0.378 e. The maximum absolute atomic E-state index is 5.63. The van der Waals surface area contributed by atoms with E-state index in [2.05, 4.69) is 9.99 Å². The van der Waals surface area contributed by atoms with Gasteiger partial charge in [0.15, 0.2) is 0 Å². The molecule has 23 heavy (non-hydrogen) atoms. The summed E-state index contributed by atoms with van der Waals surface area (Å²) in [4.78, 5) is 0. The minimum atomic E-state index is -0.955. The molecule has 0 bridgehead atoms. The van der Waals surface area contributed by atoms with Gasteiger partial charge in [-0.15, -0.1) is 0 Å². The Bertz CT molecular complexity index is 266. The van der Waals surface area contributed by atoms with Gasteiger partial charge in [0.05, 0.1) is 66.1 Å². The minimum absolute atomic E-state index is 0.604. The summed E-state index contributed by atoms with van der Waals surface area (Å²) in [5.74, 6) is 0.